The minimum atomic E-state index is -0.556. The molecule has 0 radical (unpaired) electrons. The van der Waals surface area contributed by atoms with Crippen LogP contribution in [0.5, 0.6) is 0 Å². The fourth-order valence-corrected chi connectivity index (χ4v) is 3.37. The van der Waals surface area contributed by atoms with Gasteiger partial charge in [0.2, 0.25) is 5.82 Å². The van der Waals surface area contributed by atoms with E-state index in [0.29, 0.717) is 31.1 Å². The Morgan fingerprint density at radius 3 is 2.65 bits per heavy atom. The van der Waals surface area contributed by atoms with E-state index in [4.69, 9.17) is 4.74 Å². The molecule has 10 nitrogen and oxygen atoms in total. The highest BCUT2D eigenvalue weighted by atomic mass is 16.6. The van der Waals surface area contributed by atoms with Gasteiger partial charge in [0.05, 0.1) is 4.92 Å². The first-order chi connectivity index (χ1) is 14.5. The molecule has 0 spiro atoms. The molecule has 1 aliphatic rings. The van der Waals surface area contributed by atoms with Crippen LogP contribution in [0.4, 0.5) is 27.8 Å². The molecule has 1 fully saturated rings. The first-order valence-corrected chi connectivity index (χ1v) is 10.1. The summed E-state index contributed by atoms with van der Waals surface area (Å²) in [5.74, 6) is 0.768. The quantitative estimate of drug-likeness (QED) is 0.576. The van der Waals surface area contributed by atoms with Crippen LogP contribution in [0, 0.1) is 17.0 Å². The van der Waals surface area contributed by atoms with Crippen LogP contribution in [0.15, 0.2) is 30.5 Å². The molecule has 1 atom stereocenters. The molecule has 1 N–H and O–H groups in total. The van der Waals surface area contributed by atoms with E-state index in [1.807, 2.05) is 39.5 Å². The van der Waals surface area contributed by atoms with Crippen molar-refractivity contribution in [3.05, 3.63) is 46.3 Å². The number of hydrogen-bond acceptors (Lipinski definition) is 8. The number of rotatable bonds is 4. The second-order valence-electron chi connectivity index (χ2n) is 8.57. The fourth-order valence-electron chi connectivity index (χ4n) is 3.37. The maximum atomic E-state index is 12.5. The molecule has 1 saturated heterocycles. The molecule has 0 bridgehead atoms. The lowest BCUT2D eigenvalue weighted by atomic mass is 10.2. The smallest absolute Gasteiger partial charge is 0.410 e. The molecule has 2 aromatic heterocycles. The molecule has 0 saturated carbocycles. The minimum absolute atomic E-state index is 0.0974. The molecule has 2 aromatic rings. The highest BCUT2D eigenvalue weighted by Gasteiger charge is 2.32. The van der Waals surface area contributed by atoms with Gasteiger partial charge in [-0.2, -0.15) is 0 Å². The van der Waals surface area contributed by atoms with E-state index < -0.39 is 10.5 Å². The van der Waals surface area contributed by atoms with Crippen LogP contribution in [-0.4, -0.2) is 57.2 Å². The van der Waals surface area contributed by atoms with Crippen LogP contribution in [0.3, 0.4) is 0 Å². The molecule has 0 aromatic carbocycles. The van der Waals surface area contributed by atoms with Crippen molar-refractivity contribution in [1.82, 2.24) is 14.9 Å². The van der Waals surface area contributed by atoms with Gasteiger partial charge in [0.25, 0.3) is 0 Å². The number of nitro groups is 1. The highest BCUT2D eigenvalue weighted by Crippen LogP contribution is 2.29. The summed E-state index contributed by atoms with van der Waals surface area (Å²) in [6.45, 7) is 10.9. The number of nitrogens with zero attached hydrogens (tertiary/aromatic N) is 5. The summed E-state index contributed by atoms with van der Waals surface area (Å²) in [4.78, 5) is 35.9. The lowest BCUT2D eigenvalue weighted by Gasteiger charge is -2.40. The highest BCUT2D eigenvalue weighted by molar-refractivity contribution is 5.70. The Morgan fingerprint density at radius 1 is 1.29 bits per heavy atom. The number of aryl methyl sites for hydroxylation is 1. The second-order valence-corrected chi connectivity index (χ2v) is 8.57. The number of anilines is 3. The zero-order valence-corrected chi connectivity index (χ0v) is 18.5. The van der Waals surface area contributed by atoms with E-state index in [2.05, 4.69) is 15.3 Å². The Bertz CT molecular complexity index is 975. The predicted molar refractivity (Wildman–Crippen MR) is 118 cm³/mol. The van der Waals surface area contributed by atoms with Crippen molar-refractivity contribution in [2.45, 2.75) is 46.3 Å². The average molecular weight is 428 g/mol. The van der Waals surface area contributed by atoms with E-state index in [-0.39, 0.29) is 23.6 Å². The second kappa shape index (κ2) is 8.75. The van der Waals surface area contributed by atoms with E-state index in [1.54, 1.807) is 29.3 Å². The van der Waals surface area contributed by atoms with Crippen LogP contribution in [0.25, 0.3) is 0 Å². The van der Waals surface area contributed by atoms with Crippen molar-refractivity contribution in [2.24, 2.45) is 0 Å². The van der Waals surface area contributed by atoms with Crippen molar-refractivity contribution in [2.75, 3.05) is 29.9 Å². The molecule has 166 valence electrons. The normalized spacial score (nSPS) is 16.7. The predicted octanol–water partition coefficient (Wildman–Crippen LogP) is 3.88. The molecule has 0 aliphatic carbocycles. The lowest BCUT2D eigenvalue weighted by Crippen LogP contribution is -2.55. The van der Waals surface area contributed by atoms with E-state index in [9.17, 15) is 14.9 Å². The summed E-state index contributed by atoms with van der Waals surface area (Å²) in [6.07, 6.45) is 1.29. The Kier molecular flexibility index (Phi) is 6.28. The Balaban J connectivity index is 1.79. The number of amides is 1. The van der Waals surface area contributed by atoms with Gasteiger partial charge in [-0.05, 0) is 52.8 Å². The molecule has 1 amide bonds. The number of aromatic nitrogens is 2. The van der Waals surface area contributed by atoms with Gasteiger partial charge in [0.15, 0.2) is 0 Å². The third kappa shape index (κ3) is 5.59. The van der Waals surface area contributed by atoms with Crippen LogP contribution in [0.1, 0.15) is 33.4 Å². The summed E-state index contributed by atoms with van der Waals surface area (Å²) < 4.78 is 5.49. The van der Waals surface area contributed by atoms with Crippen LogP contribution in [-0.2, 0) is 4.74 Å². The maximum absolute atomic E-state index is 12.5. The molecular weight excluding hydrogens is 400 g/mol. The van der Waals surface area contributed by atoms with Crippen LogP contribution >= 0.6 is 0 Å². The van der Waals surface area contributed by atoms with E-state index in [0.717, 1.165) is 5.69 Å². The fraction of sp³-hybridized carbons (Fsp3) is 0.476. The van der Waals surface area contributed by atoms with Gasteiger partial charge in [-0.15, -0.1) is 0 Å². The first-order valence-electron chi connectivity index (χ1n) is 10.1. The van der Waals surface area contributed by atoms with Gasteiger partial charge in [-0.1, -0.05) is 0 Å². The number of hydrogen-bond donors (Lipinski definition) is 1. The number of piperazine rings is 1. The third-order valence-electron chi connectivity index (χ3n) is 4.79. The van der Waals surface area contributed by atoms with Gasteiger partial charge < -0.3 is 19.9 Å². The van der Waals surface area contributed by atoms with Crippen LogP contribution < -0.4 is 10.2 Å². The molecule has 3 heterocycles. The van der Waals surface area contributed by atoms with Crippen molar-refractivity contribution in [3.63, 3.8) is 0 Å². The van der Waals surface area contributed by atoms with Gasteiger partial charge in [0, 0.05) is 49.3 Å². The number of nitrogens with one attached hydrogen (secondary N) is 1. The first kappa shape index (κ1) is 22.3. The molecule has 1 aliphatic heterocycles. The topological polar surface area (TPSA) is 114 Å². The molecule has 10 heteroatoms. The Morgan fingerprint density at radius 2 is 2.03 bits per heavy atom. The monoisotopic (exact) mass is 428 g/mol. The SMILES string of the molecule is Cc1cc(Nc2nc(N3CCN(C(=O)OC(C)(C)C)[C@H](C)C3)ccc2[N+](=O)[O-])ccn1. The van der Waals surface area contributed by atoms with E-state index >= 15 is 0 Å². The van der Waals surface area contributed by atoms with Gasteiger partial charge in [-0.3, -0.25) is 15.1 Å². The van der Waals surface area contributed by atoms with Crippen molar-refractivity contribution in [3.8, 4) is 0 Å². The summed E-state index contributed by atoms with van der Waals surface area (Å²) in [6, 6.07) is 6.51. The maximum Gasteiger partial charge on any atom is 0.410 e. The molecule has 31 heavy (non-hydrogen) atoms. The Hall–Kier alpha value is -3.43. The number of pyridine rings is 2. The van der Waals surface area contributed by atoms with Gasteiger partial charge in [0.1, 0.15) is 11.4 Å². The van der Waals surface area contributed by atoms with Crippen molar-refractivity contribution in [1.29, 1.82) is 0 Å². The standard InChI is InChI=1S/C21H28N6O4/c1-14-12-16(8-9-22-14)23-19-17(27(29)30)6-7-18(24-19)25-10-11-26(15(2)13-25)20(28)31-21(3,4)5/h6-9,12,15H,10-11,13H2,1-5H3,(H,22,23,24)/t15-/m1/s1. The summed E-state index contributed by atoms with van der Waals surface area (Å²) in [5.41, 5.74) is 0.789. The average Bonchev–Trinajstić information content (AvgIpc) is 2.66. The third-order valence-corrected chi connectivity index (χ3v) is 4.79. The molecular formula is C21H28N6O4. The zero-order valence-electron chi connectivity index (χ0n) is 18.5. The Labute approximate surface area is 181 Å². The minimum Gasteiger partial charge on any atom is -0.444 e. The lowest BCUT2D eigenvalue weighted by molar-refractivity contribution is -0.384. The summed E-state index contributed by atoms with van der Waals surface area (Å²) in [7, 11) is 0. The largest absolute Gasteiger partial charge is 0.444 e. The number of carbonyl (C=O) groups excluding carboxylic acids is 1. The van der Waals surface area contributed by atoms with Crippen LogP contribution in [0.2, 0.25) is 0 Å². The van der Waals surface area contributed by atoms with Crippen molar-refractivity contribution >= 4 is 29.1 Å². The van der Waals surface area contributed by atoms with Gasteiger partial charge in [-0.25, -0.2) is 9.78 Å². The van der Waals surface area contributed by atoms with Gasteiger partial charge >= 0.3 is 11.8 Å². The summed E-state index contributed by atoms with van der Waals surface area (Å²) in [5, 5.41) is 14.5. The molecule has 3 rings (SSSR count). The molecule has 0 unspecified atom stereocenters. The zero-order chi connectivity index (χ0) is 22.8. The van der Waals surface area contributed by atoms with E-state index in [1.165, 1.54) is 6.07 Å². The number of carbonyl (C=O) groups is 1. The van der Waals surface area contributed by atoms with Crippen molar-refractivity contribution < 1.29 is 14.5 Å². The summed E-state index contributed by atoms with van der Waals surface area (Å²) >= 11 is 0. The number of ether oxygens (including phenoxy) is 1.